The average Bonchev–Trinajstić information content (AvgIpc) is 2.31. The zero-order chi connectivity index (χ0) is 11.8. The number of carbonyl (C=O) groups is 2. The smallest absolute Gasteiger partial charge is 0.337 e. The number of carboxylic acids is 1. The molecule has 5 nitrogen and oxygen atoms in total. The number of aliphatic hydroxyl groups excluding tert-OH is 1. The molecule has 1 aromatic carbocycles. The Balaban J connectivity index is 0.000000921. The van der Waals surface area contributed by atoms with Gasteiger partial charge in [-0.15, -0.1) is 0 Å². The van der Waals surface area contributed by atoms with Crippen LogP contribution >= 0.6 is 0 Å². The van der Waals surface area contributed by atoms with Crippen LogP contribution in [0.25, 0.3) is 0 Å². The molecule has 0 unspecified atom stereocenters. The van der Waals surface area contributed by atoms with Crippen molar-refractivity contribution in [3.8, 4) is 0 Å². The Bertz CT molecular complexity index is 328. The summed E-state index contributed by atoms with van der Waals surface area (Å²) in [4.78, 5) is 21.4. The maximum absolute atomic E-state index is 10.9. The lowest BCUT2D eigenvalue weighted by molar-refractivity contribution is 0.0598. The molecule has 1 rings (SSSR count). The zero-order valence-electron chi connectivity index (χ0n) is 8.43. The molecule has 5 heteroatoms. The molecule has 0 radical (unpaired) electrons. The highest BCUT2D eigenvalue weighted by Crippen LogP contribution is 2.05. The van der Waals surface area contributed by atoms with E-state index in [0.717, 1.165) is 7.11 Å². The number of aliphatic hydroxyl groups is 1. The summed E-state index contributed by atoms with van der Waals surface area (Å²) in [6, 6.07) is 5.54. The quantitative estimate of drug-likeness (QED) is 0.708. The van der Waals surface area contributed by atoms with E-state index in [4.69, 9.17) is 10.2 Å². The summed E-state index contributed by atoms with van der Waals surface area (Å²) in [7, 11) is 2.27. The maximum Gasteiger partial charge on any atom is 0.337 e. The topological polar surface area (TPSA) is 83.8 Å². The highest BCUT2D eigenvalue weighted by molar-refractivity contribution is 5.92. The van der Waals surface area contributed by atoms with E-state index in [2.05, 4.69) is 4.74 Å². The summed E-state index contributed by atoms with van der Waals surface area (Å²) in [5.41, 5.74) is 0.486. The van der Waals surface area contributed by atoms with Crippen molar-refractivity contribution in [2.45, 2.75) is 0 Å². The summed E-state index contributed by atoms with van der Waals surface area (Å²) < 4.78 is 4.45. The molecule has 0 aromatic heterocycles. The van der Waals surface area contributed by atoms with Crippen LogP contribution in [0.4, 0.5) is 0 Å². The number of ether oxygens (including phenoxy) is 1. The van der Waals surface area contributed by atoms with Crippen molar-refractivity contribution in [1.29, 1.82) is 0 Å². The second kappa shape index (κ2) is 6.56. The zero-order valence-corrected chi connectivity index (χ0v) is 8.43. The molecule has 0 bridgehead atoms. The Morgan fingerprint density at radius 3 is 1.80 bits per heavy atom. The number of carboxylic acid groups (broad SMARTS) is 1. The van der Waals surface area contributed by atoms with Crippen LogP contribution < -0.4 is 0 Å². The van der Waals surface area contributed by atoms with Gasteiger partial charge in [-0.2, -0.15) is 0 Å². The van der Waals surface area contributed by atoms with E-state index in [1.165, 1.54) is 31.4 Å². The highest BCUT2D eigenvalue weighted by Gasteiger charge is 2.06. The summed E-state index contributed by atoms with van der Waals surface area (Å²) in [5, 5.41) is 15.6. The van der Waals surface area contributed by atoms with E-state index >= 15 is 0 Å². The van der Waals surface area contributed by atoms with Crippen LogP contribution in [0.2, 0.25) is 0 Å². The summed E-state index contributed by atoms with van der Waals surface area (Å²) in [5.74, 6) is -1.49. The third-order valence-electron chi connectivity index (χ3n) is 1.55. The highest BCUT2D eigenvalue weighted by atomic mass is 16.5. The lowest BCUT2D eigenvalue weighted by Gasteiger charge is -1.98. The molecule has 0 saturated heterocycles. The number of methoxy groups -OCH3 is 1. The van der Waals surface area contributed by atoms with E-state index in [1.54, 1.807) is 0 Å². The third-order valence-corrected chi connectivity index (χ3v) is 1.55. The van der Waals surface area contributed by atoms with Gasteiger partial charge in [0.1, 0.15) is 0 Å². The summed E-state index contributed by atoms with van der Waals surface area (Å²) >= 11 is 0. The lowest BCUT2D eigenvalue weighted by Crippen LogP contribution is -2.02. The van der Waals surface area contributed by atoms with E-state index in [0.29, 0.717) is 5.56 Å². The van der Waals surface area contributed by atoms with Gasteiger partial charge in [-0.05, 0) is 24.3 Å². The maximum atomic E-state index is 10.9. The summed E-state index contributed by atoms with van der Waals surface area (Å²) in [6.07, 6.45) is 0. The molecule has 0 aliphatic heterocycles. The van der Waals surface area contributed by atoms with E-state index < -0.39 is 11.9 Å². The van der Waals surface area contributed by atoms with Crippen LogP contribution in [-0.4, -0.2) is 36.4 Å². The van der Waals surface area contributed by atoms with E-state index in [9.17, 15) is 9.59 Å². The predicted octanol–water partition coefficient (Wildman–Crippen LogP) is 0.780. The molecule has 0 atom stereocenters. The Morgan fingerprint density at radius 1 is 1.07 bits per heavy atom. The van der Waals surface area contributed by atoms with E-state index in [1.807, 2.05) is 0 Å². The van der Waals surface area contributed by atoms with Crippen LogP contribution in [0.3, 0.4) is 0 Å². The molecule has 0 heterocycles. The second-order valence-electron chi connectivity index (χ2n) is 2.37. The fraction of sp³-hybridized carbons (Fsp3) is 0.200. The fourth-order valence-corrected chi connectivity index (χ4v) is 0.867. The van der Waals surface area contributed by atoms with Gasteiger partial charge < -0.3 is 14.9 Å². The largest absolute Gasteiger partial charge is 0.478 e. The van der Waals surface area contributed by atoms with Crippen molar-refractivity contribution >= 4 is 11.9 Å². The number of carbonyl (C=O) groups excluding carboxylic acids is 1. The normalized spacial score (nSPS) is 8.47. The number of hydrogen-bond donors (Lipinski definition) is 2. The number of rotatable bonds is 2. The molecule has 0 amide bonds. The monoisotopic (exact) mass is 212 g/mol. The van der Waals surface area contributed by atoms with Gasteiger partial charge >= 0.3 is 11.9 Å². The summed E-state index contributed by atoms with van der Waals surface area (Å²) in [6.45, 7) is 0. The fourth-order valence-electron chi connectivity index (χ4n) is 0.867. The van der Waals surface area contributed by atoms with Crippen molar-refractivity contribution in [3.63, 3.8) is 0 Å². The first kappa shape index (κ1) is 13.1. The Morgan fingerprint density at radius 2 is 1.47 bits per heavy atom. The van der Waals surface area contributed by atoms with Crippen LogP contribution in [0, 0.1) is 0 Å². The molecule has 0 aliphatic carbocycles. The molecule has 1 aromatic rings. The molecule has 82 valence electrons. The average molecular weight is 212 g/mol. The number of aromatic carboxylic acids is 1. The minimum Gasteiger partial charge on any atom is -0.478 e. The van der Waals surface area contributed by atoms with Gasteiger partial charge in [-0.1, -0.05) is 0 Å². The number of hydrogen-bond acceptors (Lipinski definition) is 4. The molecule has 0 saturated carbocycles. The number of esters is 1. The Kier molecular flexibility index (Phi) is 5.73. The van der Waals surface area contributed by atoms with Crippen LogP contribution in [-0.2, 0) is 4.74 Å². The third kappa shape index (κ3) is 3.78. The molecule has 0 aliphatic rings. The lowest BCUT2D eigenvalue weighted by atomic mass is 10.1. The van der Waals surface area contributed by atoms with Crippen LogP contribution in [0.15, 0.2) is 24.3 Å². The van der Waals surface area contributed by atoms with Crippen LogP contribution in [0.5, 0.6) is 0 Å². The molecule has 0 fully saturated rings. The van der Waals surface area contributed by atoms with Crippen molar-refractivity contribution in [1.82, 2.24) is 0 Å². The molecule has 2 N–H and O–H groups in total. The van der Waals surface area contributed by atoms with Crippen molar-refractivity contribution in [2.24, 2.45) is 0 Å². The molecular formula is C10H12O5. The van der Waals surface area contributed by atoms with Crippen LogP contribution in [0.1, 0.15) is 20.7 Å². The number of benzene rings is 1. The molecule has 15 heavy (non-hydrogen) atoms. The van der Waals surface area contributed by atoms with Gasteiger partial charge in [-0.25, -0.2) is 9.59 Å². The van der Waals surface area contributed by atoms with Gasteiger partial charge in [0.25, 0.3) is 0 Å². The first-order chi connectivity index (χ1) is 7.15. The van der Waals surface area contributed by atoms with Gasteiger partial charge in [0.2, 0.25) is 0 Å². The van der Waals surface area contributed by atoms with Gasteiger partial charge in [-0.3, -0.25) is 0 Å². The minimum atomic E-state index is -1.02. The molecule has 0 spiro atoms. The first-order valence-corrected chi connectivity index (χ1v) is 4.01. The standard InChI is InChI=1S/C9H8O4.CH4O/c1-13-9(12)7-4-2-6(3-5-7)8(10)11;1-2/h2-5H,1H3,(H,10,11);2H,1H3. The first-order valence-electron chi connectivity index (χ1n) is 4.01. The second-order valence-corrected chi connectivity index (χ2v) is 2.37. The Hall–Kier alpha value is -1.88. The minimum absolute atomic E-state index is 0.146. The van der Waals surface area contributed by atoms with Gasteiger partial charge in [0.05, 0.1) is 18.2 Å². The predicted molar refractivity (Wildman–Crippen MR) is 52.9 cm³/mol. The van der Waals surface area contributed by atoms with Crippen molar-refractivity contribution in [2.75, 3.05) is 14.2 Å². The SMILES string of the molecule is CO.COC(=O)c1ccc(C(=O)O)cc1. The van der Waals surface area contributed by atoms with Gasteiger partial charge in [0.15, 0.2) is 0 Å². The van der Waals surface area contributed by atoms with Gasteiger partial charge in [0, 0.05) is 7.11 Å². The molecular weight excluding hydrogens is 200 g/mol. The van der Waals surface area contributed by atoms with E-state index in [-0.39, 0.29) is 5.56 Å². The van der Waals surface area contributed by atoms with Crippen molar-refractivity contribution in [3.05, 3.63) is 35.4 Å². The van der Waals surface area contributed by atoms with Crippen molar-refractivity contribution < 1.29 is 24.5 Å². The Labute approximate surface area is 86.9 Å².